The molecule has 0 radical (unpaired) electrons. The van der Waals surface area contributed by atoms with Gasteiger partial charge in [0.05, 0.1) is 13.2 Å². The van der Waals surface area contributed by atoms with Crippen molar-refractivity contribution in [2.24, 2.45) is 11.8 Å². The number of hydrogen-bond acceptors (Lipinski definition) is 3. The van der Waals surface area contributed by atoms with Gasteiger partial charge in [0, 0.05) is 25.6 Å². The molecular formula is C15H23NO2. The molecule has 0 aliphatic carbocycles. The van der Waals surface area contributed by atoms with Crippen LogP contribution in [-0.4, -0.2) is 32.9 Å². The molecule has 2 unspecified atom stereocenters. The first-order chi connectivity index (χ1) is 8.88. The van der Waals surface area contributed by atoms with E-state index in [1.807, 2.05) is 37.3 Å². The van der Waals surface area contributed by atoms with Crippen LogP contribution < -0.4 is 10.1 Å². The highest BCUT2D eigenvalue weighted by Crippen LogP contribution is 2.18. The molecule has 0 spiro atoms. The van der Waals surface area contributed by atoms with Crippen molar-refractivity contribution in [3.63, 3.8) is 0 Å². The van der Waals surface area contributed by atoms with Gasteiger partial charge in [-0.05, 0) is 31.4 Å². The number of rotatable bonds is 6. The van der Waals surface area contributed by atoms with Gasteiger partial charge in [0.25, 0.3) is 0 Å². The van der Waals surface area contributed by atoms with Crippen LogP contribution in [0.4, 0.5) is 0 Å². The Kier molecular flexibility index (Phi) is 5.49. The minimum absolute atomic E-state index is 0.587. The Labute approximate surface area is 109 Å². The highest BCUT2D eigenvalue weighted by Gasteiger charge is 2.22. The second kappa shape index (κ2) is 7.39. The molecule has 3 nitrogen and oxygen atoms in total. The van der Waals surface area contributed by atoms with Gasteiger partial charge >= 0.3 is 0 Å². The van der Waals surface area contributed by atoms with E-state index in [1.165, 1.54) is 6.42 Å². The second-order valence-electron chi connectivity index (χ2n) is 4.91. The van der Waals surface area contributed by atoms with Gasteiger partial charge in [-0.1, -0.05) is 18.2 Å². The third kappa shape index (κ3) is 4.31. The number of nitrogens with one attached hydrogen (secondary N) is 1. The van der Waals surface area contributed by atoms with Crippen molar-refractivity contribution in [1.29, 1.82) is 0 Å². The normalized spacial score (nSPS) is 23.8. The van der Waals surface area contributed by atoms with E-state index in [9.17, 15) is 0 Å². The van der Waals surface area contributed by atoms with E-state index in [1.54, 1.807) is 0 Å². The van der Waals surface area contributed by atoms with E-state index in [0.717, 1.165) is 38.7 Å². The van der Waals surface area contributed by atoms with Gasteiger partial charge in [-0.25, -0.2) is 0 Å². The molecule has 1 aromatic carbocycles. The van der Waals surface area contributed by atoms with E-state index in [4.69, 9.17) is 9.47 Å². The molecule has 2 atom stereocenters. The van der Waals surface area contributed by atoms with E-state index in [2.05, 4.69) is 5.32 Å². The maximum Gasteiger partial charge on any atom is 0.119 e. The van der Waals surface area contributed by atoms with Crippen LogP contribution in [0.25, 0.3) is 0 Å². The van der Waals surface area contributed by atoms with Crippen LogP contribution in [-0.2, 0) is 4.74 Å². The highest BCUT2D eigenvalue weighted by molar-refractivity contribution is 5.20. The monoisotopic (exact) mass is 249 g/mol. The lowest BCUT2D eigenvalue weighted by molar-refractivity contribution is 0.0803. The summed E-state index contributed by atoms with van der Waals surface area (Å²) in [4.78, 5) is 0. The summed E-state index contributed by atoms with van der Waals surface area (Å²) in [6.45, 7) is 6.64. The largest absolute Gasteiger partial charge is 0.493 e. The number of para-hydroxylation sites is 1. The molecule has 3 heteroatoms. The van der Waals surface area contributed by atoms with Crippen molar-refractivity contribution in [3.05, 3.63) is 30.3 Å². The first-order valence-corrected chi connectivity index (χ1v) is 6.84. The minimum Gasteiger partial charge on any atom is -0.493 e. The van der Waals surface area contributed by atoms with E-state index in [-0.39, 0.29) is 0 Å². The van der Waals surface area contributed by atoms with Crippen LogP contribution in [0.3, 0.4) is 0 Å². The van der Waals surface area contributed by atoms with Gasteiger partial charge in [-0.2, -0.15) is 0 Å². The van der Waals surface area contributed by atoms with E-state index < -0.39 is 0 Å². The lowest BCUT2D eigenvalue weighted by Gasteiger charge is -2.29. The summed E-state index contributed by atoms with van der Waals surface area (Å²) in [5, 5.41) is 3.47. The third-order valence-corrected chi connectivity index (χ3v) is 3.32. The van der Waals surface area contributed by atoms with Crippen molar-refractivity contribution in [3.8, 4) is 5.75 Å². The Morgan fingerprint density at radius 1 is 1.11 bits per heavy atom. The predicted octanol–water partition coefficient (Wildman–Crippen LogP) is 2.33. The minimum atomic E-state index is 0.587. The molecule has 0 bridgehead atoms. The van der Waals surface area contributed by atoms with E-state index in [0.29, 0.717) is 11.8 Å². The fourth-order valence-corrected chi connectivity index (χ4v) is 2.40. The third-order valence-electron chi connectivity index (χ3n) is 3.32. The summed E-state index contributed by atoms with van der Waals surface area (Å²) in [6.07, 6.45) is 1.19. The number of piperidine rings is 1. The molecule has 1 N–H and O–H groups in total. The summed E-state index contributed by atoms with van der Waals surface area (Å²) in [6, 6.07) is 10.0. The van der Waals surface area contributed by atoms with Gasteiger partial charge < -0.3 is 14.8 Å². The molecular weight excluding hydrogens is 226 g/mol. The maximum atomic E-state index is 5.82. The highest BCUT2D eigenvalue weighted by atomic mass is 16.5. The Balaban J connectivity index is 1.72. The Bertz CT molecular complexity index is 329. The van der Waals surface area contributed by atoms with Crippen LogP contribution >= 0.6 is 0 Å². The molecule has 0 amide bonds. The van der Waals surface area contributed by atoms with Gasteiger partial charge in [0.1, 0.15) is 5.75 Å². The summed E-state index contributed by atoms with van der Waals surface area (Å²) in [5.74, 6) is 2.18. The predicted molar refractivity (Wildman–Crippen MR) is 72.9 cm³/mol. The SMILES string of the molecule is CCOCC1CNCC(COc2ccccc2)C1. The quantitative estimate of drug-likeness (QED) is 0.839. The van der Waals surface area contributed by atoms with Gasteiger partial charge in [-0.15, -0.1) is 0 Å². The molecule has 0 aromatic heterocycles. The van der Waals surface area contributed by atoms with Crippen LogP contribution in [0.1, 0.15) is 13.3 Å². The molecule has 18 heavy (non-hydrogen) atoms. The number of hydrogen-bond donors (Lipinski definition) is 1. The molecule has 1 aliphatic rings. The number of ether oxygens (including phenoxy) is 2. The lowest BCUT2D eigenvalue weighted by atomic mass is 9.91. The maximum absolute atomic E-state index is 5.82. The van der Waals surface area contributed by atoms with Gasteiger partial charge in [0.2, 0.25) is 0 Å². The van der Waals surface area contributed by atoms with Crippen molar-refractivity contribution in [1.82, 2.24) is 5.32 Å². The van der Waals surface area contributed by atoms with Gasteiger partial charge in [-0.3, -0.25) is 0 Å². The average Bonchev–Trinajstić information content (AvgIpc) is 2.44. The zero-order valence-corrected chi connectivity index (χ0v) is 11.1. The zero-order valence-electron chi connectivity index (χ0n) is 11.1. The van der Waals surface area contributed by atoms with Crippen LogP contribution in [0.5, 0.6) is 5.75 Å². The molecule has 2 rings (SSSR count). The lowest BCUT2D eigenvalue weighted by Crippen LogP contribution is -2.40. The zero-order chi connectivity index (χ0) is 12.6. The van der Waals surface area contributed by atoms with Crippen molar-refractivity contribution < 1.29 is 9.47 Å². The summed E-state index contributed by atoms with van der Waals surface area (Å²) >= 11 is 0. The first-order valence-electron chi connectivity index (χ1n) is 6.84. The average molecular weight is 249 g/mol. The Morgan fingerprint density at radius 3 is 2.56 bits per heavy atom. The molecule has 1 heterocycles. The van der Waals surface area contributed by atoms with Crippen molar-refractivity contribution in [2.45, 2.75) is 13.3 Å². The number of benzene rings is 1. The standard InChI is InChI=1S/C15H23NO2/c1-2-17-11-13-8-14(10-16-9-13)12-18-15-6-4-3-5-7-15/h3-7,13-14,16H,2,8-12H2,1H3. The molecule has 1 fully saturated rings. The van der Waals surface area contributed by atoms with Crippen LogP contribution in [0.15, 0.2) is 30.3 Å². The van der Waals surface area contributed by atoms with Crippen LogP contribution in [0, 0.1) is 11.8 Å². The fraction of sp³-hybridized carbons (Fsp3) is 0.600. The molecule has 100 valence electrons. The molecule has 1 aliphatic heterocycles. The Hall–Kier alpha value is -1.06. The summed E-state index contributed by atoms with van der Waals surface area (Å²) in [7, 11) is 0. The van der Waals surface area contributed by atoms with Crippen molar-refractivity contribution >= 4 is 0 Å². The van der Waals surface area contributed by atoms with E-state index >= 15 is 0 Å². The molecule has 1 saturated heterocycles. The topological polar surface area (TPSA) is 30.5 Å². The van der Waals surface area contributed by atoms with Crippen molar-refractivity contribution in [2.75, 3.05) is 32.9 Å². The Morgan fingerprint density at radius 2 is 1.83 bits per heavy atom. The summed E-state index contributed by atoms with van der Waals surface area (Å²) < 4.78 is 11.3. The first kappa shape index (κ1) is 13.4. The second-order valence-corrected chi connectivity index (χ2v) is 4.91. The smallest absolute Gasteiger partial charge is 0.119 e. The molecule has 1 aromatic rings. The van der Waals surface area contributed by atoms with Gasteiger partial charge in [0.15, 0.2) is 0 Å². The fourth-order valence-electron chi connectivity index (χ4n) is 2.40. The molecule has 0 saturated carbocycles. The summed E-state index contributed by atoms with van der Waals surface area (Å²) in [5.41, 5.74) is 0. The van der Waals surface area contributed by atoms with Crippen LogP contribution in [0.2, 0.25) is 0 Å².